The maximum absolute atomic E-state index is 5.66. The van der Waals surface area contributed by atoms with Crippen LogP contribution in [0.5, 0.6) is 0 Å². The number of rotatable bonds is 4. The highest BCUT2D eigenvalue weighted by molar-refractivity contribution is 5.95. The third kappa shape index (κ3) is 1.78. The molecule has 3 heteroatoms. The summed E-state index contributed by atoms with van der Waals surface area (Å²) in [6.45, 7) is 4.32. The van der Waals surface area contributed by atoms with E-state index in [4.69, 9.17) is 9.57 Å². The van der Waals surface area contributed by atoms with Crippen LogP contribution in [-0.4, -0.2) is 24.5 Å². The molecule has 0 radical (unpaired) electrons. The van der Waals surface area contributed by atoms with Gasteiger partial charge < -0.3 is 9.57 Å². The summed E-state index contributed by atoms with van der Waals surface area (Å²) < 4.78 is 5.66. The van der Waals surface area contributed by atoms with E-state index >= 15 is 0 Å². The molecule has 15 heavy (non-hydrogen) atoms. The third-order valence-electron chi connectivity index (χ3n) is 3.81. The molecule has 0 amide bonds. The van der Waals surface area contributed by atoms with E-state index in [0.717, 1.165) is 25.0 Å². The Bertz CT molecular complexity index is 264. The summed E-state index contributed by atoms with van der Waals surface area (Å²) in [7, 11) is 1.78. The monoisotopic (exact) mass is 211 g/mol. The summed E-state index contributed by atoms with van der Waals surface area (Å²) >= 11 is 0. The fourth-order valence-electron chi connectivity index (χ4n) is 2.86. The SMILES string of the molecule is CCC[C@](C)(OC)C1=NOC2CCCC12. The standard InChI is InChI=1S/C12H21NO2/c1-4-8-12(2,14-3)11-9-6-5-7-10(9)15-13-11/h9-10H,4-8H2,1-3H3/t9?,10?,12-/m0/s1. The van der Waals surface area contributed by atoms with E-state index in [1.54, 1.807) is 7.11 Å². The zero-order chi connectivity index (χ0) is 10.9. The Morgan fingerprint density at radius 2 is 2.33 bits per heavy atom. The van der Waals surface area contributed by atoms with E-state index in [0.29, 0.717) is 12.0 Å². The zero-order valence-electron chi connectivity index (χ0n) is 9.95. The highest BCUT2D eigenvalue weighted by Gasteiger charge is 2.46. The van der Waals surface area contributed by atoms with Gasteiger partial charge in [0.15, 0.2) is 0 Å². The fourth-order valence-corrected chi connectivity index (χ4v) is 2.86. The number of nitrogens with zero attached hydrogens (tertiary/aromatic N) is 1. The molecule has 1 aliphatic carbocycles. The van der Waals surface area contributed by atoms with Gasteiger partial charge in [-0.1, -0.05) is 18.5 Å². The van der Waals surface area contributed by atoms with Crippen molar-refractivity contribution in [1.29, 1.82) is 0 Å². The summed E-state index contributed by atoms with van der Waals surface area (Å²) in [5.74, 6) is 0.515. The van der Waals surface area contributed by atoms with Gasteiger partial charge in [0, 0.05) is 13.0 Å². The molecule has 0 saturated heterocycles. The van der Waals surface area contributed by atoms with Crippen LogP contribution >= 0.6 is 0 Å². The topological polar surface area (TPSA) is 30.8 Å². The molecule has 0 aromatic carbocycles. The van der Waals surface area contributed by atoms with Crippen LogP contribution in [-0.2, 0) is 9.57 Å². The van der Waals surface area contributed by atoms with Crippen molar-refractivity contribution in [3.05, 3.63) is 0 Å². The predicted octanol–water partition coefficient (Wildman–Crippen LogP) is 2.75. The van der Waals surface area contributed by atoms with Gasteiger partial charge in [0.2, 0.25) is 0 Å². The number of hydrogen-bond donors (Lipinski definition) is 0. The summed E-state index contributed by atoms with van der Waals surface area (Å²) in [6, 6.07) is 0. The molecule has 3 nitrogen and oxygen atoms in total. The molecule has 0 bridgehead atoms. The van der Waals surface area contributed by atoms with Crippen LogP contribution in [0.15, 0.2) is 5.16 Å². The Kier molecular flexibility index (Phi) is 3.01. The molecule has 0 N–H and O–H groups in total. The van der Waals surface area contributed by atoms with Crippen molar-refractivity contribution in [3.63, 3.8) is 0 Å². The van der Waals surface area contributed by atoms with Crippen LogP contribution in [0, 0.1) is 5.92 Å². The van der Waals surface area contributed by atoms with Gasteiger partial charge in [-0.3, -0.25) is 0 Å². The van der Waals surface area contributed by atoms with E-state index in [1.165, 1.54) is 12.8 Å². The maximum Gasteiger partial charge on any atom is 0.135 e. The Hall–Kier alpha value is -0.570. The first kappa shape index (κ1) is 10.9. The van der Waals surface area contributed by atoms with Crippen molar-refractivity contribution in [2.75, 3.05) is 7.11 Å². The van der Waals surface area contributed by atoms with Crippen LogP contribution in [0.2, 0.25) is 0 Å². The molecule has 1 fully saturated rings. The Balaban J connectivity index is 2.14. The minimum atomic E-state index is -0.210. The third-order valence-corrected chi connectivity index (χ3v) is 3.81. The van der Waals surface area contributed by atoms with Gasteiger partial charge in [0.05, 0.1) is 5.71 Å². The molecule has 3 atom stereocenters. The van der Waals surface area contributed by atoms with Crippen molar-refractivity contribution < 1.29 is 9.57 Å². The molecule has 0 aromatic heterocycles. The van der Waals surface area contributed by atoms with Crippen LogP contribution in [0.3, 0.4) is 0 Å². The summed E-state index contributed by atoms with van der Waals surface area (Å²) in [5.41, 5.74) is 0.938. The number of fused-ring (bicyclic) bond motifs is 1. The lowest BCUT2D eigenvalue weighted by atomic mass is 9.84. The maximum atomic E-state index is 5.66. The van der Waals surface area contributed by atoms with Gasteiger partial charge in [-0.15, -0.1) is 0 Å². The predicted molar refractivity (Wildman–Crippen MR) is 60.0 cm³/mol. The lowest BCUT2D eigenvalue weighted by Crippen LogP contribution is -2.41. The van der Waals surface area contributed by atoms with E-state index in [-0.39, 0.29) is 5.60 Å². The molecule has 2 unspecified atom stereocenters. The molecule has 1 heterocycles. The lowest BCUT2D eigenvalue weighted by Gasteiger charge is -2.29. The number of hydrogen-bond acceptors (Lipinski definition) is 3. The molecule has 0 spiro atoms. The van der Waals surface area contributed by atoms with Gasteiger partial charge >= 0.3 is 0 Å². The van der Waals surface area contributed by atoms with Gasteiger partial charge in [-0.25, -0.2) is 0 Å². The van der Waals surface area contributed by atoms with E-state index in [2.05, 4.69) is 19.0 Å². The van der Waals surface area contributed by atoms with Gasteiger partial charge in [-0.05, 0) is 32.6 Å². The van der Waals surface area contributed by atoms with Crippen molar-refractivity contribution in [2.24, 2.45) is 11.1 Å². The minimum Gasteiger partial charge on any atom is -0.392 e. The van der Waals surface area contributed by atoms with E-state index < -0.39 is 0 Å². The second-order valence-corrected chi connectivity index (χ2v) is 4.84. The van der Waals surface area contributed by atoms with Crippen molar-refractivity contribution in [3.8, 4) is 0 Å². The summed E-state index contributed by atoms with van der Waals surface area (Å²) in [5, 5.41) is 4.27. The quantitative estimate of drug-likeness (QED) is 0.716. The first-order chi connectivity index (χ1) is 7.21. The summed E-state index contributed by atoms with van der Waals surface area (Å²) in [4.78, 5) is 5.49. The molecule has 2 rings (SSSR count). The molecule has 0 aromatic rings. The van der Waals surface area contributed by atoms with E-state index in [1.807, 2.05) is 0 Å². The molecule has 2 aliphatic rings. The van der Waals surface area contributed by atoms with Gasteiger partial charge in [-0.2, -0.15) is 0 Å². The highest BCUT2D eigenvalue weighted by atomic mass is 16.6. The van der Waals surface area contributed by atoms with Crippen LogP contribution in [0.4, 0.5) is 0 Å². The van der Waals surface area contributed by atoms with E-state index in [9.17, 15) is 0 Å². The normalized spacial score (nSPS) is 33.1. The molecule has 1 saturated carbocycles. The molecule has 86 valence electrons. The van der Waals surface area contributed by atoms with Gasteiger partial charge in [0.25, 0.3) is 0 Å². The number of methoxy groups -OCH3 is 1. The smallest absolute Gasteiger partial charge is 0.135 e. The molecular weight excluding hydrogens is 190 g/mol. The van der Waals surface area contributed by atoms with Crippen molar-refractivity contribution in [1.82, 2.24) is 0 Å². The first-order valence-electron chi connectivity index (χ1n) is 6.00. The van der Waals surface area contributed by atoms with Crippen LogP contribution in [0.1, 0.15) is 46.0 Å². The Labute approximate surface area is 91.8 Å². The average Bonchev–Trinajstić information content (AvgIpc) is 2.78. The van der Waals surface area contributed by atoms with Crippen molar-refractivity contribution in [2.45, 2.75) is 57.7 Å². The largest absolute Gasteiger partial charge is 0.392 e. The zero-order valence-corrected chi connectivity index (χ0v) is 9.95. The average molecular weight is 211 g/mol. The number of ether oxygens (including phenoxy) is 1. The van der Waals surface area contributed by atoms with Crippen LogP contribution < -0.4 is 0 Å². The highest BCUT2D eigenvalue weighted by Crippen LogP contribution is 2.39. The Morgan fingerprint density at radius 3 is 3.00 bits per heavy atom. The second kappa shape index (κ2) is 4.12. The van der Waals surface area contributed by atoms with Crippen molar-refractivity contribution >= 4 is 5.71 Å². The lowest BCUT2D eigenvalue weighted by molar-refractivity contribution is 0.0545. The van der Waals surface area contributed by atoms with Crippen LogP contribution in [0.25, 0.3) is 0 Å². The number of oxime groups is 1. The molecule has 1 aliphatic heterocycles. The summed E-state index contributed by atoms with van der Waals surface area (Å²) in [6.07, 6.45) is 6.11. The molecular formula is C12H21NO2. The first-order valence-corrected chi connectivity index (χ1v) is 6.00. The Morgan fingerprint density at radius 1 is 1.53 bits per heavy atom. The second-order valence-electron chi connectivity index (χ2n) is 4.84. The van der Waals surface area contributed by atoms with Gasteiger partial charge in [0.1, 0.15) is 11.7 Å². The fraction of sp³-hybridized carbons (Fsp3) is 0.917. The minimum absolute atomic E-state index is 0.210.